The summed E-state index contributed by atoms with van der Waals surface area (Å²) in [5.41, 5.74) is 2.18. The number of nitrogens with one attached hydrogen (secondary N) is 2. The molecule has 1 aromatic rings. The van der Waals surface area contributed by atoms with Crippen LogP contribution in [0.1, 0.15) is 18.1 Å². The number of piperazine rings is 1. The molecule has 20 heavy (non-hydrogen) atoms. The van der Waals surface area contributed by atoms with Crippen LogP contribution in [0, 0.1) is 6.92 Å². The number of carbonyl (C=O) groups is 2. The molecule has 0 aliphatic carbocycles. The number of hydrogen-bond donors (Lipinski definition) is 2. The van der Waals surface area contributed by atoms with Crippen molar-refractivity contribution in [3.8, 4) is 0 Å². The van der Waals surface area contributed by atoms with Crippen LogP contribution in [0.25, 0.3) is 0 Å². The van der Waals surface area contributed by atoms with Crippen LogP contribution in [0.4, 0.5) is 4.79 Å². The maximum absolute atomic E-state index is 12.1. The first-order valence-electron chi connectivity index (χ1n) is 6.56. The molecule has 1 atom stereocenters. The van der Waals surface area contributed by atoms with E-state index in [2.05, 4.69) is 26.6 Å². The van der Waals surface area contributed by atoms with Crippen molar-refractivity contribution in [3.05, 3.63) is 33.8 Å². The summed E-state index contributed by atoms with van der Waals surface area (Å²) in [6.07, 6.45) is 0. The zero-order chi connectivity index (χ0) is 14.7. The predicted molar refractivity (Wildman–Crippen MR) is 80.3 cm³/mol. The quantitative estimate of drug-likeness (QED) is 0.862. The fourth-order valence-corrected chi connectivity index (χ4v) is 2.57. The second-order valence-corrected chi connectivity index (χ2v) is 5.81. The van der Waals surface area contributed by atoms with E-state index in [0.717, 1.165) is 15.6 Å². The Morgan fingerprint density at radius 2 is 2.30 bits per heavy atom. The van der Waals surface area contributed by atoms with Crippen molar-refractivity contribution in [2.45, 2.75) is 26.4 Å². The highest BCUT2D eigenvalue weighted by Crippen LogP contribution is 2.16. The molecule has 6 heteroatoms. The number of aryl methyl sites for hydroxylation is 1. The maximum Gasteiger partial charge on any atom is 0.318 e. The SMILES string of the molecule is Cc1ccc(Br)cc1CNC(=O)N1CCNC(=O)[C@@H]1C. The van der Waals surface area contributed by atoms with Crippen molar-refractivity contribution >= 4 is 27.9 Å². The minimum Gasteiger partial charge on any atom is -0.353 e. The van der Waals surface area contributed by atoms with Gasteiger partial charge in [-0.1, -0.05) is 22.0 Å². The van der Waals surface area contributed by atoms with Gasteiger partial charge in [-0.25, -0.2) is 4.79 Å². The summed E-state index contributed by atoms with van der Waals surface area (Å²) >= 11 is 3.42. The van der Waals surface area contributed by atoms with Crippen LogP contribution in [0.5, 0.6) is 0 Å². The Balaban J connectivity index is 1.98. The van der Waals surface area contributed by atoms with E-state index >= 15 is 0 Å². The number of urea groups is 1. The van der Waals surface area contributed by atoms with Crippen LogP contribution in [0.15, 0.2) is 22.7 Å². The summed E-state index contributed by atoms with van der Waals surface area (Å²) in [6.45, 7) is 5.24. The largest absolute Gasteiger partial charge is 0.353 e. The van der Waals surface area contributed by atoms with E-state index in [0.29, 0.717) is 19.6 Å². The zero-order valence-corrected chi connectivity index (χ0v) is 13.2. The maximum atomic E-state index is 12.1. The molecule has 2 N–H and O–H groups in total. The standard InChI is InChI=1S/C14H18BrN3O2/c1-9-3-4-12(15)7-11(9)8-17-14(20)18-6-5-16-13(19)10(18)2/h3-4,7,10H,5-6,8H2,1-2H3,(H,16,19)(H,17,20)/t10-/m0/s1. The lowest BCUT2D eigenvalue weighted by molar-refractivity contribution is -0.126. The average Bonchev–Trinajstić information content (AvgIpc) is 2.42. The molecule has 0 spiro atoms. The normalized spacial score (nSPS) is 18.6. The molecule has 1 saturated heterocycles. The number of hydrogen-bond acceptors (Lipinski definition) is 2. The van der Waals surface area contributed by atoms with Gasteiger partial charge in [0.1, 0.15) is 6.04 Å². The first-order chi connectivity index (χ1) is 9.49. The Bertz CT molecular complexity index is 533. The van der Waals surface area contributed by atoms with Crippen molar-refractivity contribution in [2.75, 3.05) is 13.1 Å². The molecule has 1 aromatic carbocycles. The van der Waals surface area contributed by atoms with E-state index in [1.165, 1.54) is 0 Å². The molecule has 1 heterocycles. The molecular formula is C14H18BrN3O2. The van der Waals surface area contributed by atoms with Gasteiger partial charge in [0.25, 0.3) is 0 Å². The van der Waals surface area contributed by atoms with Gasteiger partial charge in [-0.3, -0.25) is 4.79 Å². The smallest absolute Gasteiger partial charge is 0.318 e. The van der Waals surface area contributed by atoms with Gasteiger partial charge in [-0.2, -0.15) is 0 Å². The molecule has 0 aromatic heterocycles. The zero-order valence-electron chi connectivity index (χ0n) is 11.6. The Kier molecular flexibility index (Phi) is 4.65. The minimum absolute atomic E-state index is 0.106. The first kappa shape index (κ1) is 14.8. The molecule has 0 saturated carbocycles. The summed E-state index contributed by atoms with van der Waals surface area (Å²) < 4.78 is 0.984. The summed E-state index contributed by atoms with van der Waals surface area (Å²) in [7, 11) is 0. The van der Waals surface area contributed by atoms with Crippen LogP contribution >= 0.6 is 15.9 Å². The lowest BCUT2D eigenvalue weighted by atomic mass is 10.1. The van der Waals surface area contributed by atoms with Gasteiger partial charge in [0.2, 0.25) is 5.91 Å². The summed E-state index contributed by atoms with van der Waals surface area (Å²) in [5, 5.41) is 5.61. The van der Waals surface area contributed by atoms with E-state index < -0.39 is 6.04 Å². The highest BCUT2D eigenvalue weighted by Gasteiger charge is 2.28. The molecule has 0 unspecified atom stereocenters. The number of benzene rings is 1. The van der Waals surface area contributed by atoms with Gasteiger partial charge in [0.15, 0.2) is 0 Å². The second kappa shape index (κ2) is 6.26. The summed E-state index contributed by atoms with van der Waals surface area (Å²) in [4.78, 5) is 25.3. The van der Waals surface area contributed by atoms with Crippen LogP contribution in [0.3, 0.4) is 0 Å². The van der Waals surface area contributed by atoms with E-state index in [1.807, 2.05) is 25.1 Å². The Morgan fingerprint density at radius 3 is 3.05 bits per heavy atom. The Labute approximate surface area is 126 Å². The number of halogens is 1. The van der Waals surface area contributed by atoms with Crippen LogP contribution in [-0.2, 0) is 11.3 Å². The van der Waals surface area contributed by atoms with Crippen LogP contribution < -0.4 is 10.6 Å². The van der Waals surface area contributed by atoms with Gasteiger partial charge in [-0.05, 0) is 37.1 Å². The predicted octanol–water partition coefficient (Wildman–Crippen LogP) is 1.79. The molecule has 108 valence electrons. The summed E-state index contributed by atoms with van der Waals surface area (Å²) in [5.74, 6) is -0.106. The van der Waals surface area contributed by atoms with Gasteiger partial charge < -0.3 is 15.5 Å². The van der Waals surface area contributed by atoms with Gasteiger partial charge in [0.05, 0.1) is 0 Å². The average molecular weight is 340 g/mol. The number of nitrogens with zero attached hydrogens (tertiary/aromatic N) is 1. The van der Waals surface area contributed by atoms with Crippen molar-refractivity contribution in [1.82, 2.24) is 15.5 Å². The number of rotatable bonds is 2. The third kappa shape index (κ3) is 3.30. The number of amides is 3. The third-order valence-corrected chi connectivity index (χ3v) is 3.99. The Morgan fingerprint density at radius 1 is 1.55 bits per heavy atom. The highest BCUT2D eigenvalue weighted by molar-refractivity contribution is 9.10. The number of carbonyl (C=O) groups excluding carboxylic acids is 2. The molecule has 0 bridgehead atoms. The molecule has 1 fully saturated rings. The van der Waals surface area contributed by atoms with Gasteiger partial charge in [0, 0.05) is 24.1 Å². The molecule has 3 amide bonds. The molecule has 1 aliphatic heterocycles. The fourth-order valence-electron chi connectivity index (χ4n) is 2.16. The summed E-state index contributed by atoms with van der Waals surface area (Å²) in [6, 6.07) is 5.33. The lowest BCUT2D eigenvalue weighted by Crippen LogP contribution is -2.58. The van der Waals surface area contributed by atoms with E-state index in [-0.39, 0.29) is 11.9 Å². The van der Waals surface area contributed by atoms with E-state index in [9.17, 15) is 9.59 Å². The van der Waals surface area contributed by atoms with Gasteiger partial charge >= 0.3 is 6.03 Å². The monoisotopic (exact) mass is 339 g/mol. The van der Waals surface area contributed by atoms with E-state index in [4.69, 9.17) is 0 Å². The molecule has 5 nitrogen and oxygen atoms in total. The van der Waals surface area contributed by atoms with Crippen molar-refractivity contribution < 1.29 is 9.59 Å². The topological polar surface area (TPSA) is 61.4 Å². The fraction of sp³-hybridized carbons (Fsp3) is 0.429. The molecule has 0 radical (unpaired) electrons. The van der Waals surface area contributed by atoms with E-state index in [1.54, 1.807) is 11.8 Å². The van der Waals surface area contributed by atoms with Crippen LogP contribution in [0.2, 0.25) is 0 Å². The van der Waals surface area contributed by atoms with Crippen molar-refractivity contribution in [1.29, 1.82) is 0 Å². The first-order valence-corrected chi connectivity index (χ1v) is 7.35. The Hall–Kier alpha value is -1.56. The van der Waals surface area contributed by atoms with Crippen molar-refractivity contribution in [3.63, 3.8) is 0 Å². The molecule has 1 aliphatic rings. The van der Waals surface area contributed by atoms with Gasteiger partial charge in [-0.15, -0.1) is 0 Å². The highest BCUT2D eigenvalue weighted by atomic mass is 79.9. The third-order valence-electron chi connectivity index (χ3n) is 3.50. The molecule has 2 rings (SSSR count). The lowest BCUT2D eigenvalue weighted by Gasteiger charge is -2.32. The minimum atomic E-state index is -0.424. The molecular weight excluding hydrogens is 322 g/mol. The van der Waals surface area contributed by atoms with Crippen molar-refractivity contribution in [2.24, 2.45) is 0 Å². The van der Waals surface area contributed by atoms with Crippen LogP contribution in [-0.4, -0.2) is 36.0 Å². The second-order valence-electron chi connectivity index (χ2n) is 4.89.